The summed E-state index contributed by atoms with van der Waals surface area (Å²) in [6.07, 6.45) is 0. The molecule has 0 saturated heterocycles. The molecule has 1 radical (unpaired) electrons. The van der Waals surface area contributed by atoms with Crippen molar-refractivity contribution in [1.29, 1.82) is 0 Å². The molecule has 0 bridgehead atoms. The van der Waals surface area contributed by atoms with Crippen LogP contribution >= 0.6 is 0 Å². The van der Waals surface area contributed by atoms with Crippen LogP contribution in [-0.2, 0) is 5.11 Å². The number of fused-ring (bicyclic) bond motifs is 1. The fourth-order valence-corrected chi connectivity index (χ4v) is 1.40. The van der Waals surface area contributed by atoms with E-state index in [0.29, 0.717) is 10.8 Å². The Morgan fingerprint density at radius 1 is 1.14 bits per heavy atom. The molecule has 2 aromatic carbocycles. The highest BCUT2D eigenvalue weighted by Gasteiger charge is 2.08. The van der Waals surface area contributed by atoms with Crippen molar-refractivity contribution in [2.24, 2.45) is 0 Å². The Balaban J connectivity index is 2.78. The lowest BCUT2D eigenvalue weighted by Gasteiger charge is -2.00. The summed E-state index contributed by atoms with van der Waals surface area (Å²) in [7, 11) is 0. The van der Waals surface area contributed by atoms with E-state index >= 15 is 0 Å². The zero-order valence-electron chi connectivity index (χ0n) is 7.23. The molecule has 0 aliphatic heterocycles. The first-order valence-electron chi connectivity index (χ1n) is 4.11. The molecular weight excluding hydrogens is 180 g/mol. The summed E-state index contributed by atoms with van der Waals surface area (Å²) in [5, 5.41) is 21.4. The van der Waals surface area contributed by atoms with Crippen LogP contribution in [0.2, 0.25) is 0 Å². The van der Waals surface area contributed by atoms with Gasteiger partial charge in [-0.15, -0.1) is 0 Å². The van der Waals surface area contributed by atoms with Gasteiger partial charge in [-0.1, -0.05) is 24.3 Å². The second-order valence-electron chi connectivity index (χ2n) is 3.00. The molecule has 0 heterocycles. The van der Waals surface area contributed by atoms with Crippen LogP contribution < -0.4 is 0 Å². The van der Waals surface area contributed by atoms with Crippen LogP contribution in [0.15, 0.2) is 36.4 Å². The average molecular weight is 187 g/mol. The lowest BCUT2D eigenvalue weighted by atomic mass is 10.1. The molecule has 1 N–H and O–H groups in total. The average Bonchev–Trinajstić information content (AvgIpc) is 2.17. The van der Waals surface area contributed by atoms with Crippen LogP contribution in [0.25, 0.3) is 10.8 Å². The molecule has 0 spiro atoms. The van der Waals surface area contributed by atoms with E-state index in [2.05, 4.69) is 0 Å². The number of carboxylic acid groups (broad SMARTS) is 1. The molecule has 0 unspecified atom stereocenters. The quantitative estimate of drug-likeness (QED) is 0.746. The number of hydrogen-bond acceptors (Lipinski definition) is 1. The molecular formula is C11H7O3. The second kappa shape index (κ2) is 3.03. The number of aromatic carboxylic acids is 1. The minimum absolute atomic E-state index is 0.0358. The minimum Gasteiger partial charge on any atom is -0.478 e. The molecule has 3 heteroatoms. The zero-order chi connectivity index (χ0) is 10.1. The fraction of sp³-hybridized carbons (Fsp3) is 0. The Bertz CT molecular complexity index is 503. The van der Waals surface area contributed by atoms with E-state index in [0.717, 1.165) is 6.07 Å². The molecule has 69 valence electrons. The first-order valence-corrected chi connectivity index (χ1v) is 4.11. The van der Waals surface area contributed by atoms with Gasteiger partial charge in [0.15, 0.2) is 5.75 Å². The minimum atomic E-state index is -1.08. The van der Waals surface area contributed by atoms with Crippen molar-refractivity contribution in [2.45, 2.75) is 0 Å². The van der Waals surface area contributed by atoms with Crippen molar-refractivity contribution >= 4 is 16.7 Å². The van der Waals surface area contributed by atoms with E-state index in [-0.39, 0.29) is 11.3 Å². The van der Waals surface area contributed by atoms with Gasteiger partial charge in [0, 0.05) is 11.5 Å². The van der Waals surface area contributed by atoms with Crippen LogP contribution in [0.1, 0.15) is 10.4 Å². The molecule has 0 saturated carbocycles. The van der Waals surface area contributed by atoms with E-state index in [9.17, 15) is 9.90 Å². The van der Waals surface area contributed by atoms with E-state index in [1.54, 1.807) is 24.3 Å². The molecule has 0 aliphatic rings. The summed E-state index contributed by atoms with van der Waals surface area (Å²) in [6, 6.07) is 9.58. The molecule has 0 atom stereocenters. The highest BCUT2D eigenvalue weighted by atomic mass is 16.4. The van der Waals surface area contributed by atoms with Crippen molar-refractivity contribution in [3.8, 4) is 5.75 Å². The van der Waals surface area contributed by atoms with Crippen molar-refractivity contribution in [3.05, 3.63) is 42.0 Å². The summed E-state index contributed by atoms with van der Waals surface area (Å²) in [5.41, 5.74) is 0.0358. The van der Waals surface area contributed by atoms with Crippen LogP contribution in [0.4, 0.5) is 0 Å². The molecule has 2 rings (SSSR count). The number of carboxylic acids is 1. The third kappa shape index (κ3) is 1.29. The van der Waals surface area contributed by atoms with Gasteiger partial charge in [0.25, 0.3) is 0 Å². The summed E-state index contributed by atoms with van der Waals surface area (Å²) < 4.78 is 0. The fourth-order valence-electron chi connectivity index (χ4n) is 1.40. The third-order valence-corrected chi connectivity index (χ3v) is 2.07. The van der Waals surface area contributed by atoms with Crippen LogP contribution in [0.5, 0.6) is 5.75 Å². The van der Waals surface area contributed by atoms with E-state index in [4.69, 9.17) is 5.11 Å². The Morgan fingerprint density at radius 3 is 2.57 bits per heavy atom. The summed E-state index contributed by atoms with van der Waals surface area (Å²) in [4.78, 5) is 10.7. The van der Waals surface area contributed by atoms with Crippen molar-refractivity contribution < 1.29 is 15.0 Å². The maximum Gasteiger partial charge on any atom is 0.335 e. The third-order valence-electron chi connectivity index (χ3n) is 2.07. The van der Waals surface area contributed by atoms with Gasteiger partial charge in [0.05, 0.1) is 5.56 Å². The predicted molar refractivity (Wildman–Crippen MR) is 51.0 cm³/mol. The van der Waals surface area contributed by atoms with Gasteiger partial charge in [-0.3, -0.25) is 5.11 Å². The number of benzene rings is 2. The Hall–Kier alpha value is -2.03. The van der Waals surface area contributed by atoms with Gasteiger partial charge in [-0.2, -0.15) is 0 Å². The van der Waals surface area contributed by atoms with E-state index in [1.165, 1.54) is 6.07 Å². The van der Waals surface area contributed by atoms with Gasteiger partial charge in [0.1, 0.15) is 0 Å². The molecule has 0 aliphatic carbocycles. The molecule has 0 fully saturated rings. The lowest BCUT2D eigenvalue weighted by molar-refractivity contribution is 0.0696. The number of carbonyl (C=O) groups is 1. The Kier molecular flexibility index (Phi) is 1.85. The van der Waals surface area contributed by atoms with Gasteiger partial charge in [-0.05, 0) is 11.5 Å². The highest BCUT2D eigenvalue weighted by molar-refractivity contribution is 5.97. The zero-order valence-corrected chi connectivity index (χ0v) is 7.23. The van der Waals surface area contributed by atoms with Crippen LogP contribution in [0.3, 0.4) is 0 Å². The molecule has 3 nitrogen and oxygen atoms in total. The molecule has 0 aromatic heterocycles. The highest BCUT2D eigenvalue weighted by Crippen LogP contribution is 2.26. The molecule has 2 aromatic rings. The van der Waals surface area contributed by atoms with E-state index < -0.39 is 5.97 Å². The first-order chi connectivity index (χ1) is 6.68. The van der Waals surface area contributed by atoms with Crippen molar-refractivity contribution in [1.82, 2.24) is 0 Å². The SMILES string of the molecule is [O]c1cc(C(=O)O)cc2ccccc12. The summed E-state index contributed by atoms with van der Waals surface area (Å²) >= 11 is 0. The van der Waals surface area contributed by atoms with Crippen molar-refractivity contribution in [3.63, 3.8) is 0 Å². The number of rotatable bonds is 1. The number of hydrogen-bond donors (Lipinski definition) is 1. The Labute approximate surface area is 80.2 Å². The topological polar surface area (TPSA) is 57.2 Å². The van der Waals surface area contributed by atoms with Crippen molar-refractivity contribution in [2.75, 3.05) is 0 Å². The second-order valence-corrected chi connectivity index (χ2v) is 3.00. The predicted octanol–water partition coefficient (Wildman–Crippen LogP) is 2.68. The molecule has 14 heavy (non-hydrogen) atoms. The first kappa shape index (κ1) is 8.56. The maximum absolute atomic E-state index is 11.4. The van der Waals surface area contributed by atoms with Crippen LogP contribution in [-0.4, -0.2) is 11.1 Å². The van der Waals surface area contributed by atoms with Crippen LogP contribution in [0, 0.1) is 0 Å². The van der Waals surface area contributed by atoms with E-state index in [1.807, 2.05) is 0 Å². The van der Waals surface area contributed by atoms with Gasteiger partial charge >= 0.3 is 5.97 Å². The monoisotopic (exact) mass is 187 g/mol. The molecule has 0 amide bonds. The Morgan fingerprint density at radius 2 is 1.86 bits per heavy atom. The standard InChI is InChI=1S/C11H7O3/c12-10-6-8(11(13)14)5-7-3-1-2-4-9(7)10/h1-6H,(H,13,14). The van der Waals surface area contributed by atoms with Gasteiger partial charge < -0.3 is 5.11 Å². The lowest BCUT2D eigenvalue weighted by Crippen LogP contribution is -1.95. The normalized spacial score (nSPS) is 10.3. The smallest absolute Gasteiger partial charge is 0.335 e. The van der Waals surface area contributed by atoms with Gasteiger partial charge in [-0.25, -0.2) is 4.79 Å². The summed E-state index contributed by atoms with van der Waals surface area (Å²) in [6.45, 7) is 0. The summed E-state index contributed by atoms with van der Waals surface area (Å²) in [5.74, 6) is -1.33. The largest absolute Gasteiger partial charge is 0.478 e. The maximum atomic E-state index is 11.4. The van der Waals surface area contributed by atoms with Gasteiger partial charge in [0.2, 0.25) is 0 Å².